The minimum absolute atomic E-state index is 0.105. The van der Waals surface area contributed by atoms with Crippen LogP contribution < -0.4 is 10.5 Å². The normalized spacial score (nSPS) is 19.9. The largest absolute Gasteiger partial charge is 0.354 e. The molecule has 0 amide bonds. The van der Waals surface area contributed by atoms with Crippen molar-refractivity contribution < 1.29 is 8.42 Å². The van der Waals surface area contributed by atoms with E-state index >= 15 is 0 Å². The van der Waals surface area contributed by atoms with E-state index in [9.17, 15) is 13.2 Å². The number of halogens is 1. The van der Waals surface area contributed by atoms with Crippen LogP contribution in [0.1, 0.15) is 6.42 Å². The van der Waals surface area contributed by atoms with Gasteiger partial charge in [-0.1, -0.05) is 0 Å². The van der Waals surface area contributed by atoms with Crippen molar-refractivity contribution in [3.05, 3.63) is 21.2 Å². The van der Waals surface area contributed by atoms with E-state index in [1.54, 1.807) is 0 Å². The number of nitrogens with zero attached hydrogens (tertiary/aromatic N) is 2. The molecule has 8 heteroatoms. The van der Waals surface area contributed by atoms with Gasteiger partial charge in [0.05, 0.1) is 17.8 Å². The maximum atomic E-state index is 11.5. The van der Waals surface area contributed by atoms with Gasteiger partial charge in [0.1, 0.15) is 10.3 Å². The van der Waals surface area contributed by atoms with Gasteiger partial charge >= 0.3 is 0 Å². The molecule has 0 radical (unpaired) electrons. The lowest BCUT2D eigenvalue weighted by molar-refractivity contribution is 0.597. The minimum atomic E-state index is -2.95. The van der Waals surface area contributed by atoms with Gasteiger partial charge in [0.15, 0.2) is 9.84 Å². The van der Waals surface area contributed by atoms with Gasteiger partial charge in [0.25, 0.3) is 5.56 Å². The van der Waals surface area contributed by atoms with Crippen LogP contribution in [0.25, 0.3) is 0 Å². The number of aromatic amines is 1. The third kappa shape index (κ3) is 2.86. The highest BCUT2D eigenvalue weighted by Gasteiger charge is 2.21. The maximum Gasteiger partial charge on any atom is 0.267 e. The molecule has 17 heavy (non-hydrogen) atoms. The molecule has 1 N–H and O–H groups in total. The number of H-pyrrole nitrogens is 1. The van der Waals surface area contributed by atoms with Gasteiger partial charge in [-0.25, -0.2) is 13.4 Å². The fourth-order valence-electron chi connectivity index (χ4n) is 1.74. The molecular formula is C9H12BrN3O3S. The highest BCUT2D eigenvalue weighted by atomic mass is 79.9. The Bertz CT molecular complexity index is 569. The summed E-state index contributed by atoms with van der Waals surface area (Å²) in [6, 6.07) is 0. The zero-order valence-corrected chi connectivity index (χ0v) is 11.4. The monoisotopic (exact) mass is 321 g/mol. The third-order valence-electron chi connectivity index (χ3n) is 2.63. The number of hydrogen-bond acceptors (Lipinski definition) is 5. The van der Waals surface area contributed by atoms with Crippen LogP contribution in [-0.2, 0) is 9.84 Å². The predicted octanol–water partition coefficient (Wildman–Crippen LogP) is 0.157. The Morgan fingerprint density at radius 2 is 2.12 bits per heavy atom. The van der Waals surface area contributed by atoms with E-state index in [1.807, 2.05) is 4.90 Å². The van der Waals surface area contributed by atoms with Gasteiger partial charge in [-0.3, -0.25) is 4.79 Å². The van der Waals surface area contributed by atoms with Gasteiger partial charge in [0.2, 0.25) is 0 Å². The zero-order valence-electron chi connectivity index (χ0n) is 9.02. The van der Waals surface area contributed by atoms with Crippen LogP contribution >= 0.6 is 15.9 Å². The second-order valence-electron chi connectivity index (χ2n) is 3.86. The Balaban J connectivity index is 2.29. The fourth-order valence-corrected chi connectivity index (χ4v) is 3.48. The first kappa shape index (κ1) is 12.6. The van der Waals surface area contributed by atoms with Crippen molar-refractivity contribution in [3.8, 4) is 0 Å². The Labute approximate surface area is 107 Å². The Morgan fingerprint density at radius 3 is 2.88 bits per heavy atom. The molecule has 1 aromatic rings. The second-order valence-corrected chi connectivity index (χ2v) is 6.96. The smallest absolute Gasteiger partial charge is 0.267 e. The summed E-state index contributed by atoms with van der Waals surface area (Å²) < 4.78 is 23.3. The van der Waals surface area contributed by atoms with Crippen LogP contribution in [0.2, 0.25) is 0 Å². The lowest BCUT2D eigenvalue weighted by atomic mass is 10.4. The fraction of sp³-hybridized carbons (Fsp3) is 0.556. The van der Waals surface area contributed by atoms with Crippen LogP contribution in [0, 0.1) is 0 Å². The van der Waals surface area contributed by atoms with E-state index in [4.69, 9.17) is 0 Å². The Hall–Kier alpha value is -0.890. The standard InChI is InChI=1S/C9H12BrN3O3S/c10-7-8(11-6-12-9(7)14)13-2-1-4-17(15,16)5-3-13/h6H,1-5H2,(H,11,12,14). The lowest BCUT2D eigenvalue weighted by Gasteiger charge is -2.21. The maximum absolute atomic E-state index is 11.5. The number of anilines is 1. The number of aromatic nitrogens is 2. The number of hydrogen-bond donors (Lipinski definition) is 1. The lowest BCUT2D eigenvalue weighted by Crippen LogP contribution is -2.29. The predicted molar refractivity (Wildman–Crippen MR) is 68.0 cm³/mol. The topological polar surface area (TPSA) is 83.1 Å². The van der Waals surface area contributed by atoms with Crippen LogP contribution in [0.4, 0.5) is 5.82 Å². The molecule has 0 saturated carbocycles. The van der Waals surface area contributed by atoms with E-state index in [-0.39, 0.29) is 17.1 Å². The SMILES string of the molecule is O=c1[nH]cnc(N2CCCS(=O)(=O)CC2)c1Br. The summed E-state index contributed by atoms with van der Waals surface area (Å²) in [5.74, 6) is 0.809. The summed E-state index contributed by atoms with van der Waals surface area (Å²) in [5, 5.41) is 0. The Morgan fingerprint density at radius 1 is 1.35 bits per heavy atom. The van der Waals surface area contributed by atoms with Crippen molar-refractivity contribution in [1.29, 1.82) is 0 Å². The van der Waals surface area contributed by atoms with E-state index in [0.29, 0.717) is 29.8 Å². The van der Waals surface area contributed by atoms with E-state index in [2.05, 4.69) is 25.9 Å². The number of rotatable bonds is 1. The molecule has 6 nitrogen and oxygen atoms in total. The second kappa shape index (κ2) is 4.77. The third-order valence-corrected chi connectivity index (χ3v) is 5.06. The molecule has 0 atom stereocenters. The molecule has 2 heterocycles. The number of nitrogens with one attached hydrogen (secondary N) is 1. The molecule has 2 rings (SSSR count). The molecule has 0 unspecified atom stereocenters. The highest BCUT2D eigenvalue weighted by Crippen LogP contribution is 2.20. The van der Waals surface area contributed by atoms with Gasteiger partial charge < -0.3 is 9.88 Å². The molecule has 1 aliphatic rings. The molecular weight excluding hydrogens is 310 g/mol. The zero-order chi connectivity index (χ0) is 12.5. The summed E-state index contributed by atoms with van der Waals surface area (Å²) >= 11 is 3.17. The van der Waals surface area contributed by atoms with Crippen molar-refractivity contribution >= 4 is 31.6 Å². The molecule has 0 spiro atoms. The van der Waals surface area contributed by atoms with Gasteiger partial charge in [-0.05, 0) is 22.4 Å². The molecule has 94 valence electrons. The first-order valence-corrected chi connectivity index (χ1v) is 7.79. The van der Waals surface area contributed by atoms with E-state index in [0.717, 1.165) is 0 Å². The van der Waals surface area contributed by atoms with E-state index < -0.39 is 9.84 Å². The summed E-state index contributed by atoms with van der Waals surface area (Å²) in [5.41, 5.74) is -0.262. The molecule has 1 aliphatic heterocycles. The summed E-state index contributed by atoms with van der Waals surface area (Å²) in [6.45, 7) is 0.964. The van der Waals surface area contributed by atoms with Crippen molar-refractivity contribution in [2.45, 2.75) is 6.42 Å². The quantitative estimate of drug-likeness (QED) is 0.796. The summed E-state index contributed by atoms with van der Waals surface area (Å²) in [7, 11) is -2.95. The first-order valence-electron chi connectivity index (χ1n) is 5.18. The highest BCUT2D eigenvalue weighted by molar-refractivity contribution is 9.10. The summed E-state index contributed by atoms with van der Waals surface area (Å²) in [4.78, 5) is 19.8. The van der Waals surface area contributed by atoms with Crippen molar-refractivity contribution in [2.75, 3.05) is 29.5 Å². The average molecular weight is 322 g/mol. The average Bonchev–Trinajstić information content (AvgIpc) is 2.44. The van der Waals surface area contributed by atoms with Gasteiger partial charge in [-0.2, -0.15) is 0 Å². The van der Waals surface area contributed by atoms with Gasteiger partial charge in [0, 0.05) is 13.1 Å². The minimum Gasteiger partial charge on any atom is -0.354 e. The number of sulfone groups is 1. The van der Waals surface area contributed by atoms with Gasteiger partial charge in [-0.15, -0.1) is 0 Å². The molecule has 0 aliphatic carbocycles. The van der Waals surface area contributed by atoms with Crippen LogP contribution in [0.5, 0.6) is 0 Å². The molecule has 1 saturated heterocycles. The first-order chi connectivity index (χ1) is 7.99. The molecule has 0 aromatic carbocycles. The van der Waals surface area contributed by atoms with Crippen molar-refractivity contribution in [2.24, 2.45) is 0 Å². The van der Waals surface area contributed by atoms with Crippen LogP contribution in [0.15, 0.2) is 15.6 Å². The molecule has 0 bridgehead atoms. The Kier molecular flexibility index (Phi) is 3.53. The van der Waals surface area contributed by atoms with Crippen molar-refractivity contribution in [3.63, 3.8) is 0 Å². The molecule has 1 fully saturated rings. The van der Waals surface area contributed by atoms with Crippen molar-refractivity contribution in [1.82, 2.24) is 9.97 Å². The van der Waals surface area contributed by atoms with Crippen LogP contribution in [0.3, 0.4) is 0 Å². The molecule has 1 aromatic heterocycles. The summed E-state index contributed by atoms with van der Waals surface area (Å²) in [6.07, 6.45) is 1.88. The van der Waals surface area contributed by atoms with Crippen LogP contribution in [-0.4, -0.2) is 43.0 Å². The van der Waals surface area contributed by atoms with E-state index in [1.165, 1.54) is 6.33 Å².